The molecule has 0 unspecified atom stereocenters. The zero-order valence-corrected chi connectivity index (χ0v) is 12.9. The summed E-state index contributed by atoms with van der Waals surface area (Å²) in [4.78, 5) is 12.4. The molecule has 0 radical (unpaired) electrons. The fourth-order valence-electron chi connectivity index (χ4n) is 1.68. The summed E-state index contributed by atoms with van der Waals surface area (Å²) in [6.07, 6.45) is 0. The smallest absolute Gasteiger partial charge is 0.193 e. The Kier molecular flexibility index (Phi) is 3.88. The van der Waals surface area contributed by atoms with Crippen LogP contribution in [0, 0.1) is 6.92 Å². The molecule has 0 aliphatic heterocycles. The molecule has 0 bridgehead atoms. The number of benzene rings is 2. The first-order chi connectivity index (χ1) is 8.50. The van der Waals surface area contributed by atoms with E-state index in [1.165, 1.54) is 0 Å². The molecule has 2 nitrogen and oxygen atoms in total. The normalized spacial score (nSPS) is 10.4. The van der Waals surface area contributed by atoms with Gasteiger partial charge in [0.25, 0.3) is 0 Å². The van der Waals surface area contributed by atoms with E-state index < -0.39 is 0 Å². The Balaban J connectivity index is 2.48. The van der Waals surface area contributed by atoms with Crippen molar-refractivity contribution in [2.75, 3.05) is 5.73 Å². The third-order valence-corrected chi connectivity index (χ3v) is 4.32. The van der Waals surface area contributed by atoms with E-state index in [2.05, 4.69) is 31.9 Å². The van der Waals surface area contributed by atoms with Crippen molar-refractivity contribution in [3.8, 4) is 0 Å². The van der Waals surface area contributed by atoms with Crippen LogP contribution < -0.4 is 5.73 Å². The summed E-state index contributed by atoms with van der Waals surface area (Å²) in [7, 11) is 0. The number of anilines is 1. The van der Waals surface area contributed by atoms with Crippen molar-refractivity contribution in [2.45, 2.75) is 6.92 Å². The Morgan fingerprint density at radius 2 is 1.83 bits per heavy atom. The fourth-order valence-corrected chi connectivity index (χ4v) is 2.42. The maximum Gasteiger partial charge on any atom is 0.193 e. The van der Waals surface area contributed by atoms with Crippen LogP contribution in [0.1, 0.15) is 21.5 Å². The Morgan fingerprint density at radius 1 is 1.11 bits per heavy atom. The molecule has 0 saturated heterocycles. The van der Waals surface area contributed by atoms with E-state index >= 15 is 0 Å². The van der Waals surface area contributed by atoms with Crippen molar-refractivity contribution in [3.63, 3.8) is 0 Å². The molecule has 0 spiro atoms. The molecule has 2 N–H and O–H groups in total. The van der Waals surface area contributed by atoms with Crippen LogP contribution >= 0.6 is 31.9 Å². The van der Waals surface area contributed by atoms with E-state index in [1.807, 2.05) is 25.1 Å². The lowest BCUT2D eigenvalue weighted by Crippen LogP contribution is -2.04. The minimum absolute atomic E-state index is 0.00509. The van der Waals surface area contributed by atoms with Crippen LogP contribution in [0.3, 0.4) is 0 Å². The molecule has 0 heterocycles. The first-order valence-corrected chi connectivity index (χ1v) is 6.94. The first kappa shape index (κ1) is 13.3. The quantitative estimate of drug-likeness (QED) is 0.633. The summed E-state index contributed by atoms with van der Waals surface area (Å²) >= 11 is 6.76. The third-order valence-electron chi connectivity index (χ3n) is 2.77. The van der Waals surface area contributed by atoms with Gasteiger partial charge in [0.1, 0.15) is 0 Å². The molecule has 0 atom stereocenters. The highest BCUT2D eigenvalue weighted by Crippen LogP contribution is 2.25. The van der Waals surface area contributed by atoms with Crippen molar-refractivity contribution in [1.29, 1.82) is 0 Å². The largest absolute Gasteiger partial charge is 0.398 e. The summed E-state index contributed by atoms with van der Waals surface area (Å²) in [5, 5.41) is 0. The van der Waals surface area contributed by atoms with Crippen LogP contribution in [0.4, 0.5) is 5.69 Å². The molecule has 0 fully saturated rings. The van der Waals surface area contributed by atoms with Crippen molar-refractivity contribution in [2.24, 2.45) is 0 Å². The van der Waals surface area contributed by atoms with Gasteiger partial charge >= 0.3 is 0 Å². The van der Waals surface area contributed by atoms with Gasteiger partial charge < -0.3 is 5.73 Å². The summed E-state index contributed by atoms with van der Waals surface area (Å²) in [5.41, 5.74) is 8.60. The lowest BCUT2D eigenvalue weighted by atomic mass is 9.99. The second-order valence-corrected chi connectivity index (χ2v) is 5.69. The van der Waals surface area contributed by atoms with Gasteiger partial charge in [0.05, 0.1) is 0 Å². The fraction of sp³-hybridized carbons (Fsp3) is 0.0714. The van der Waals surface area contributed by atoms with Gasteiger partial charge in [0.15, 0.2) is 5.78 Å². The van der Waals surface area contributed by atoms with Crippen LogP contribution in [0.25, 0.3) is 0 Å². The van der Waals surface area contributed by atoms with Gasteiger partial charge in [-0.1, -0.05) is 28.1 Å². The predicted octanol–water partition coefficient (Wildman–Crippen LogP) is 4.33. The lowest BCUT2D eigenvalue weighted by Gasteiger charge is -2.08. The second kappa shape index (κ2) is 5.24. The molecule has 0 aliphatic carbocycles. The Morgan fingerprint density at radius 3 is 2.50 bits per heavy atom. The van der Waals surface area contributed by atoms with Crippen LogP contribution in [0.15, 0.2) is 45.3 Å². The van der Waals surface area contributed by atoms with Crippen molar-refractivity contribution in [1.82, 2.24) is 0 Å². The van der Waals surface area contributed by atoms with Gasteiger partial charge in [-0.15, -0.1) is 0 Å². The summed E-state index contributed by atoms with van der Waals surface area (Å²) in [5.74, 6) is -0.00509. The van der Waals surface area contributed by atoms with E-state index in [0.29, 0.717) is 16.8 Å². The first-order valence-electron chi connectivity index (χ1n) is 5.35. The number of nitrogen functional groups attached to an aromatic ring is 1. The highest BCUT2D eigenvalue weighted by Gasteiger charge is 2.13. The number of rotatable bonds is 2. The van der Waals surface area contributed by atoms with Crippen LogP contribution in [-0.4, -0.2) is 5.78 Å². The molecular formula is C14H11Br2NO. The molecule has 0 amide bonds. The number of carbonyl (C=O) groups is 1. The Labute approximate surface area is 122 Å². The van der Waals surface area contributed by atoms with E-state index in [-0.39, 0.29) is 5.78 Å². The third kappa shape index (κ3) is 2.49. The van der Waals surface area contributed by atoms with Gasteiger partial charge in [-0.25, -0.2) is 0 Å². The van der Waals surface area contributed by atoms with Gasteiger partial charge in [-0.3, -0.25) is 4.79 Å². The predicted molar refractivity (Wildman–Crippen MR) is 80.9 cm³/mol. The van der Waals surface area contributed by atoms with Crippen molar-refractivity contribution < 1.29 is 4.79 Å². The summed E-state index contributed by atoms with van der Waals surface area (Å²) < 4.78 is 1.67. The molecular weight excluding hydrogens is 358 g/mol. The zero-order valence-electron chi connectivity index (χ0n) is 9.71. The second-order valence-electron chi connectivity index (χ2n) is 3.98. The van der Waals surface area contributed by atoms with Crippen LogP contribution in [-0.2, 0) is 0 Å². The average Bonchev–Trinajstić information content (AvgIpc) is 2.35. The molecule has 2 aromatic carbocycles. The minimum atomic E-state index is -0.00509. The standard InChI is InChI=1S/C14H11Br2NO/c1-8-10(3-2-4-11(8)15)14(18)9-5-6-13(17)12(16)7-9/h2-7H,17H2,1H3. The average molecular weight is 369 g/mol. The number of carbonyl (C=O) groups excluding carboxylic acids is 1. The van der Waals surface area contributed by atoms with Crippen LogP contribution in [0.5, 0.6) is 0 Å². The number of ketones is 1. The molecule has 0 aliphatic rings. The van der Waals surface area contributed by atoms with Gasteiger partial charge in [-0.2, -0.15) is 0 Å². The van der Waals surface area contributed by atoms with E-state index in [0.717, 1.165) is 14.5 Å². The minimum Gasteiger partial charge on any atom is -0.398 e. The zero-order chi connectivity index (χ0) is 13.3. The van der Waals surface area contributed by atoms with E-state index in [1.54, 1.807) is 18.2 Å². The molecule has 0 aromatic heterocycles. The number of halogens is 2. The highest BCUT2D eigenvalue weighted by molar-refractivity contribution is 9.10. The lowest BCUT2D eigenvalue weighted by molar-refractivity contribution is 0.103. The molecule has 0 saturated carbocycles. The molecule has 18 heavy (non-hydrogen) atoms. The highest BCUT2D eigenvalue weighted by atomic mass is 79.9. The monoisotopic (exact) mass is 367 g/mol. The SMILES string of the molecule is Cc1c(Br)cccc1C(=O)c1ccc(N)c(Br)c1. The topological polar surface area (TPSA) is 43.1 Å². The number of nitrogens with two attached hydrogens (primary N) is 1. The molecule has 92 valence electrons. The van der Waals surface area contributed by atoms with Crippen molar-refractivity contribution in [3.05, 3.63) is 62.0 Å². The summed E-state index contributed by atoms with van der Waals surface area (Å²) in [6.45, 7) is 1.92. The van der Waals surface area contributed by atoms with Crippen LogP contribution in [0.2, 0.25) is 0 Å². The van der Waals surface area contributed by atoms with E-state index in [4.69, 9.17) is 5.73 Å². The maximum absolute atomic E-state index is 12.4. The summed E-state index contributed by atoms with van der Waals surface area (Å²) in [6, 6.07) is 10.8. The van der Waals surface area contributed by atoms with Crippen molar-refractivity contribution >= 4 is 43.3 Å². The van der Waals surface area contributed by atoms with E-state index in [9.17, 15) is 4.79 Å². The molecule has 2 rings (SSSR count). The number of hydrogen-bond acceptors (Lipinski definition) is 2. The van der Waals surface area contributed by atoms with Gasteiger partial charge in [0, 0.05) is 25.8 Å². The van der Waals surface area contributed by atoms with Gasteiger partial charge in [-0.05, 0) is 52.7 Å². The molecule has 4 heteroatoms. The van der Waals surface area contributed by atoms with Gasteiger partial charge in [0.2, 0.25) is 0 Å². The molecule has 2 aromatic rings. The Bertz CT molecular complexity index is 623. The number of hydrogen-bond donors (Lipinski definition) is 1. The Hall–Kier alpha value is -1.13. The maximum atomic E-state index is 12.4.